The molecule has 0 fully saturated rings. The quantitative estimate of drug-likeness (QED) is 0.331. The van der Waals surface area contributed by atoms with Crippen molar-refractivity contribution in [3.8, 4) is 0 Å². The molecule has 0 saturated carbocycles. The van der Waals surface area contributed by atoms with E-state index in [4.69, 9.17) is 0 Å². The highest BCUT2D eigenvalue weighted by Gasteiger charge is 2.34. The molecule has 180 valence electrons. The number of aromatic amines is 1. The van der Waals surface area contributed by atoms with E-state index in [0.29, 0.717) is 17.7 Å². The SMILES string of the molecule is O=C(NCCc1cccc(F)c1)C(c1cccnc1)N(C(=O)c1cnc[nH]1)c1ccc2ncsc2c1. The minimum absolute atomic E-state index is 0.237. The third-order valence-corrected chi connectivity index (χ3v) is 6.44. The molecule has 0 saturated heterocycles. The van der Waals surface area contributed by atoms with Crippen LogP contribution < -0.4 is 10.2 Å². The van der Waals surface area contributed by atoms with Crippen molar-refractivity contribution in [2.45, 2.75) is 12.5 Å². The van der Waals surface area contributed by atoms with E-state index in [-0.39, 0.29) is 18.1 Å². The van der Waals surface area contributed by atoms with Gasteiger partial charge in [-0.15, -0.1) is 11.3 Å². The summed E-state index contributed by atoms with van der Waals surface area (Å²) in [6.45, 7) is 0.263. The second-order valence-electron chi connectivity index (χ2n) is 8.00. The van der Waals surface area contributed by atoms with Crippen LogP contribution in [0.3, 0.4) is 0 Å². The average Bonchev–Trinajstić information content (AvgIpc) is 3.59. The van der Waals surface area contributed by atoms with Gasteiger partial charge >= 0.3 is 0 Å². The van der Waals surface area contributed by atoms with E-state index in [9.17, 15) is 14.0 Å². The number of thiazole rings is 1. The number of nitrogens with one attached hydrogen (secondary N) is 2. The lowest BCUT2D eigenvalue weighted by Crippen LogP contribution is -2.44. The number of nitrogens with zero attached hydrogens (tertiary/aromatic N) is 4. The number of imidazole rings is 1. The number of aromatic nitrogens is 4. The molecule has 8 nitrogen and oxygen atoms in total. The first-order valence-electron chi connectivity index (χ1n) is 11.2. The lowest BCUT2D eigenvalue weighted by molar-refractivity contribution is -0.122. The molecule has 2 amide bonds. The monoisotopic (exact) mass is 500 g/mol. The maximum atomic E-state index is 13.7. The van der Waals surface area contributed by atoms with Gasteiger partial charge in [0, 0.05) is 30.2 Å². The highest BCUT2D eigenvalue weighted by Crippen LogP contribution is 2.32. The molecule has 36 heavy (non-hydrogen) atoms. The first-order chi connectivity index (χ1) is 17.6. The van der Waals surface area contributed by atoms with Gasteiger partial charge in [0.05, 0.1) is 28.3 Å². The van der Waals surface area contributed by atoms with E-state index in [2.05, 4.69) is 25.3 Å². The number of pyridine rings is 1. The lowest BCUT2D eigenvalue weighted by atomic mass is 10.0. The van der Waals surface area contributed by atoms with Crippen molar-refractivity contribution in [2.24, 2.45) is 0 Å². The van der Waals surface area contributed by atoms with Crippen LogP contribution in [0.15, 0.2) is 85.0 Å². The average molecular weight is 501 g/mol. The van der Waals surface area contributed by atoms with Crippen LogP contribution in [0.5, 0.6) is 0 Å². The molecule has 10 heteroatoms. The van der Waals surface area contributed by atoms with Gasteiger partial charge in [0.15, 0.2) is 0 Å². The maximum absolute atomic E-state index is 13.7. The normalized spacial score (nSPS) is 11.8. The number of rotatable bonds is 8. The van der Waals surface area contributed by atoms with Gasteiger partial charge in [-0.3, -0.25) is 19.5 Å². The highest BCUT2D eigenvalue weighted by molar-refractivity contribution is 7.16. The second kappa shape index (κ2) is 10.4. The Kier molecular flexibility index (Phi) is 6.76. The van der Waals surface area contributed by atoms with Gasteiger partial charge < -0.3 is 10.3 Å². The van der Waals surface area contributed by atoms with E-state index in [1.807, 2.05) is 12.1 Å². The molecule has 0 aliphatic carbocycles. The molecule has 3 aromatic heterocycles. The number of anilines is 1. The Bertz CT molecular complexity index is 1490. The van der Waals surface area contributed by atoms with Crippen molar-refractivity contribution in [1.29, 1.82) is 0 Å². The van der Waals surface area contributed by atoms with Crippen molar-refractivity contribution >= 4 is 39.1 Å². The summed E-state index contributed by atoms with van der Waals surface area (Å²) < 4.78 is 14.4. The van der Waals surface area contributed by atoms with Crippen LogP contribution in [0.25, 0.3) is 10.2 Å². The molecule has 1 atom stereocenters. The summed E-state index contributed by atoms with van der Waals surface area (Å²) in [5.41, 5.74) is 4.59. The zero-order valence-electron chi connectivity index (χ0n) is 19.0. The van der Waals surface area contributed by atoms with E-state index < -0.39 is 17.9 Å². The molecular formula is C26H21FN6O2S. The fourth-order valence-electron chi connectivity index (χ4n) is 3.95. The molecule has 0 aliphatic rings. The molecule has 1 unspecified atom stereocenters. The Morgan fingerprint density at radius 3 is 2.78 bits per heavy atom. The standard InChI is InChI=1S/C26H21FN6O2S/c27-19-5-1-3-17(11-19)8-10-30-25(34)24(18-4-2-9-28-13-18)33(26(35)22-14-29-15-31-22)20-6-7-21-23(12-20)36-16-32-21/h1-7,9,11-16,24H,8,10H2,(H,29,31)(H,30,34). The van der Waals surface area contributed by atoms with Crippen LogP contribution in [-0.4, -0.2) is 38.3 Å². The number of hydrogen-bond acceptors (Lipinski definition) is 6. The Hall–Kier alpha value is -4.44. The number of carbonyl (C=O) groups is 2. The summed E-state index contributed by atoms with van der Waals surface area (Å²) in [5, 5.41) is 2.91. The Labute approximate surface area is 209 Å². The van der Waals surface area contributed by atoms with Crippen molar-refractivity contribution < 1.29 is 14.0 Å². The topological polar surface area (TPSA) is 104 Å². The van der Waals surface area contributed by atoms with Crippen molar-refractivity contribution in [3.05, 3.63) is 108 Å². The smallest absolute Gasteiger partial charge is 0.277 e. The minimum Gasteiger partial charge on any atom is -0.354 e. The van der Waals surface area contributed by atoms with Crippen LogP contribution in [0.4, 0.5) is 10.1 Å². The highest BCUT2D eigenvalue weighted by atomic mass is 32.1. The molecule has 3 heterocycles. The lowest BCUT2D eigenvalue weighted by Gasteiger charge is -2.31. The molecule has 0 radical (unpaired) electrons. The van der Waals surface area contributed by atoms with Gasteiger partial charge in [-0.05, 0) is 48.4 Å². The van der Waals surface area contributed by atoms with Crippen molar-refractivity contribution in [1.82, 2.24) is 25.3 Å². The number of H-pyrrole nitrogens is 1. The van der Waals surface area contributed by atoms with E-state index >= 15 is 0 Å². The van der Waals surface area contributed by atoms with Gasteiger partial charge in [0.1, 0.15) is 17.6 Å². The largest absolute Gasteiger partial charge is 0.354 e. The Balaban J connectivity index is 1.51. The van der Waals surface area contributed by atoms with Crippen LogP contribution in [0, 0.1) is 5.82 Å². The van der Waals surface area contributed by atoms with E-state index in [1.54, 1.807) is 48.2 Å². The molecule has 0 spiro atoms. The summed E-state index contributed by atoms with van der Waals surface area (Å²) in [7, 11) is 0. The Morgan fingerprint density at radius 1 is 1.08 bits per heavy atom. The zero-order valence-corrected chi connectivity index (χ0v) is 19.8. The number of hydrogen-bond donors (Lipinski definition) is 2. The van der Waals surface area contributed by atoms with Crippen molar-refractivity contribution in [2.75, 3.05) is 11.4 Å². The van der Waals surface area contributed by atoms with Crippen LogP contribution >= 0.6 is 11.3 Å². The van der Waals surface area contributed by atoms with Crippen LogP contribution in [-0.2, 0) is 11.2 Å². The summed E-state index contributed by atoms with van der Waals surface area (Å²) in [4.78, 5) is 44.1. The third-order valence-electron chi connectivity index (χ3n) is 5.65. The summed E-state index contributed by atoms with van der Waals surface area (Å²) in [6, 6.07) is 14.1. The zero-order chi connectivity index (χ0) is 24.9. The summed E-state index contributed by atoms with van der Waals surface area (Å²) in [6.07, 6.45) is 6.44. The van der Waals surface area contributed by atoms with E-state index in [1.165, 1.54) is 40.9 Å². The first kappa shape index (κ1) is 23.3. The number of carbonyl (C=O) groups excluding carboxylic acids is 2. The minimum atomic E-state index is -1.02. The predicted octanol–water partition coefficient (Wildman–Crippen LogP) is 4.30. The van der Waals surface area contributed by atoms with Gasteiger partial charge in [-0.1, -0.05) is 18.2 Å². The maximum Gasteiger partial charge on any atom is 0.277 e. The molecule has 0 bridgehead atoms. The summed E-state index contributed by atoms with van der Waals surface area (Å²) in [5.74, 6) is -1.15. The number of amides is 2. The van der Waals surface area contributed by atoms with Gasteiger partial charge in [-0.2, -0.15) is 0 Å². The van der Waals surface area contributed by atoms with E-state index in [0.717, 1.165) is 15.8 Å². The molecule has 2 N–H and O–H groups in total. The number of halogens is 1. The molecular weight excluding hydrogens is 479 g/mol. The van der Waals surface area contributed by atoms with Gasteiger partial charge in [0.25, 0.3) is 5.91 Å². The van der Waals surface area contributed by atoms with Crippen molar-refractivity contribution in [3.63, 3.8) is 0 Å². The first-order valence-corrected chi connectivity index (χ1v) is 12.1. The molecule has 0 aliphatic heterocycles. The van der Waals surface area contributed by atoms with Crippen LogP contribution in [0.2, 0.25) is 0 Å². The number of fused-ring (bicyclic) bond motifs is 1. The molecule has 5 rings (SSSR count). The fourth-order valence-corrected chi connectivity index (χ4v) is 4.66. The molecule has 5 aromatic rings. The third kappa shape index (κ3) is 4.98. The van der Waals surface area contributed by atoms with Gasteiger partial charge in [0.2, 0.25) is 5.91 Å². The second-order valence-corrected chi connectivity index (χ2v) is 8.89. The predicted molar refractivity (Wildman–Crippen MR) is 135 cm³/mol. The molecule has 2 aromatic carbocycles. The summed E-state index contributed by atoms with van der Waals surface area (Å²) >= 11 is 1.44. The fraction of sp³-hybridized carbons (Fsp3) is 0.115. The Morgan fingerprint density at radius 2 is 2.00 bits per heavy atom. The number of benzene rings is 2. The van der Waals surface area contributed by atoms with Gasteiger partial charge in [-0.25, -0.2) is 14.4 Å². The van der Waals surface area contributed by atoms with Crippen LogP contribution in [0.1, 0.15) is 27.7 Å².